The average molecular weight is 267 g/mol. The number of hydrogen-bond donors (Lipinski definition) is 0. The Hall–Kier alpha value is -1.06. The fourth-order valence-corrected chi connectivity index (χ4v) is 2.81. The molecular formula is C14H15ClO3. The highest BCUT2D eigenvalue weighted by molar-refractivity contribution is 6.31. The molecule has 1 aromatic carbocycles. The Morgan fingerprint density at radius 2 is 2.22 bits per heavy atom. The Morgan fingerprint density at radius 1 is 1.33 bits per heavy atom. The van der Waals surface area contributed by atoms with Gasteiger partial charge in [-0.15, -0.1) is 0 Å². The van der Waals surface area contributed by atoms with Gasteiger partial charge in [-0.2, -0.15) is 0 Å². The molecule has 2 aliphatic heterocycles. The summed E-state index contributed by atoms with van der Waals surface area (Å²) in [6.07, 6.45) is 2.50. The van der Waals surface area contributed by atoms with Crippen LogP contribution in [0, 0.1) is 5.92 Å². The van der Waals surface area contributed by atoms with Crippen molar-refractivity contribution in [3.05, 3.63) is 28.8 Å². The summed E-state index contributed by atoms with van der Waals surface area (Å²) in [5.41, 5.74) is 0.607. The van der Waals surface area contributed by atoms with Crippen LogP contribution in [0.2, 0.25) is 5.02 Å². The molecule has 2 unspecified atom stereocenters. The standard InChI is InChI=1S/C14H15ClO3/c15-10-3-4-13-11(6-10)12(16)7-14(18-13)9-2-1-5-17-8-9/h3-4,6,9,14H,1-2,5,7-8H2. The normalized spacial score (nSPS) is 27.5. The van der Waals surface area contributed by atoms with E-state index in [1.807, 2.05) is 0 Å². The summed E-state index contributed by atoms with van der Waals surface area (Å²) < 4.78 is 11.4. The number of ether oxygens (including phenoxy) is 2. The van der Waals surface area contributed by atoms with Crippen LogP contribution in [0.5, 0.6) is 5.75 Å². The van der Waals surface area contributed by atoms with E-state index >= 15 is 0 Å². The van der Waals surface area contributed by atoms with Gasteiger partial charge in [0.05, 0.1) is 12.2 Å². The van der Waals surface area contributed by atoms with Crippen LogP contribution in [0.4, 0.5) is 0 Å². The van der Waals surface area contributed by atoms with Gasteiger partial charge in [-0.1, -0.05) is 11.6 Å². The molecule has 0 aromatic heterocycles. The Bertz CT molecular complexity index is 466. The van der Waals surface area contributed by atoms with Crippen molar-refractivity contribution in [2.75, 3.05) is 13.2 Å². The lowest BCUT2D eigenvalue weighted by molar-refractivity contribution is -0.00363. The molecule has 2 atom stereocenters. The maximum atomic E-state index is 12.1. The molecule has 1 saturated heterocycles. The van der Waals surface area contributed by atoms with Crippen LogP contribution in [0.15, 0.2) is 18.2 Å². The summed E-state index contributed by atoms with van der Waals surface area (Å²) in [5, 5.41) is 0.574. The molecule has 0 bridgehead atoms. The van der Waals surface area contributed by atoms with Crippen LogP contribution in [0.3, 0.4) is 0 Å². The molecule has 2 heterocycles. The first-order valence-corrected chi connectivity index (χ1v) is 6.69. The second kappa shape index (κ2) is 4.90. The van der Waals surface area contributed by atoms with E-state index in [4.69, 9.17) is 21.1 Å². The van der Waals surface area contributed by atoms with Crippen molar-refractivity contribution in [1.82, 2.24) is 0 Å². The minimum atomic E-state index is -0.0496. The van der Waals surface area contributed by atoms with Gasteiger partial charge in [-0.05, 0) is 31.0 Å². The largest absolute Gasteiger partial charge is 0.489 e. The molecular weight excluding hydrogens is 252 g/mol. The van der Waals surface area contributed by atoms with Crippen molar-refractivity contribution in [3.63, 3.8) is 0 Å². The number of ketones is 1. The second-order valence-electron chi connectivity index (χ2n) is 4.90. The lowest BCUT2D eigenvalue weighted by Crippen LogP contribution is -2.38. The van der Waals surface area contributed by atoms with Crippen LogP contribution in [0.25, 0.3) is 0 Å². The molecule has 0 aliphatic carbocycles. The van der Waals surface area contributed by atoms with E-state index < -0.39 is 0 Å². The Kier molecular flexibility index (Phi) is 3.27. The van der Waals surface area contributed by atoms with Crippen LogP contribution in [-0.2, 0) is 4.74 Å². The van der Waals surface area contributed by atoms with Crippen LogP contribution >= 0.6 is 11.6 Å². The van der Waals surface area contributed by atoms with E-state index in [-0.39, 0.29) is 11.9 Å². The number of halogens is 1. The van der Waals surface area contributed by atoms with Gasteiger partial charge >= 0.3 is 0 Å². The molecule has 18 heavy (non-hydrogen) atoms. The Balaban J connectivity index is 1.82. The zero-order valence-electron chi connectivity index (χ0n) is 10.0. The lowest BCUT2D eigenvalue weighted by atomic mass is 9.89. The number of carbonyl (C=O) groups excluding carboxylic acids is 1. The number of rotatable bonds is 1. The highest BCUT2D eigenvalue weighted by atomic mass is 35.5. The number of benzene rings is 1. The van der Waals surface area contributed by atoms with Crippen LogP contribution in [0.1, 0.15) is 29.6 Å². The molecule has 0 spiro atoms. The summed E-state index contributed by atoms with van der Waals surface area (Å²) in [4.78, 5) is 12.1. The highest BCUT2D eigenvalue weighted by Crippen LogP contribution is 2.34. The number of hydrogen-bond acceptors (Lipinski definition) is 3. The molecule has 0 N–H and O–H groups in total. The number of fused-ring (bicyclic) bond motifs is 1. The van der Waals surface area contributed by atoms with E-state index in [2.05, 4.69) is 0 Å². The first kappa shape index (κ1) is 12.0. The SMILES string of the molecule is O=C1CC(C2CCCOC2)Oc2ccc(Cl)cc21. The molecule has 1 aromatic rings. The maximum Gasteiger partial charge on any atom is 0.170 e. The number of Topliss-reactive ketones (excluding diaryl/α,β-unsaturated/α-hetero) is 1. The smallest absolute Gasteiger partial charge is 0.170 e. The summed E-state index contributed by atoms with van der Waals surface area (Å²) >= 11 is 5.90. The predicted molar refractivity (Wildman–Crippen MR) is 68.4 cm³/mol. The monoisotopic (exact) mass is 266 g/mol. The third kappa shape index (κ3) is 2.25. The molecule has 96 valence electrons. The fourth-order valence-electron chi connectivity index (χ4n) is 2.64. The second-order valence-corrected chi connectivity index (χ2v) is 5.34. The quantitative estimate of drug-likeness (QED) is 0.784. The molecule has 0 radical (unpaired) electrons. The van der Waals surface area contributed by atoms with E-state index in [1.165, 1.54) is 0 Å². The Labute approximate surface area is 111 Å². The average Bonchev–Trinajstić information content (AvgIpc) is 2.40. The fraction of sp³-hybridized carbons (Fsp3) is 0.500. The predicted octanol–water partition coefficient (Wildman–Crippen LogP) is 3.10. The van der Waals surface area contributed by atoms with Gasteiger partial charge in [0.25, 0.3) is 0 Å². The van der Waals surface area contributed by atoms with Crippen LogP contribution < -0.4 is 4.74 Å². The molecule has 3 rings (SSSR count). The topological polar surface area (TPSA) is 35.5 Å². The zero-order chi connectivity index (χ0) is 12.5. The first-order chi connectivity index (χ1) is 8.74. The van der Waals surface area contributed by atoms with Crippen molar-refractivity contribution < 1.29 is 14.3 Å². The zero-order valence-corrected chi connectivity index (χ0v) is 10.8. The first-order valence-electron chi connectivity index (χ1n) is 6.31. The molecule has 3 nitrogen and oxygen atoms in total. The Morgan fingerprint density at radius 3 is 3.00 bits per heavy atom. The molecule has 4 heteroatoms. The third-order valence-electron chi connectivity index (χ3n) is 3.63. The van der Waals surface area contributed by atoms with Crippen molar-refractivity contribution in [2.45, 2.75) is 25.4 Å². The summed E-state index contributed by atoms with van der Waals surface area (Å²) in [6.45, 7) is 1.52. The summed E-state index contributed by atoms with van der Waals surface area (Å²) in [5.74, 6) is 1.10. The summed E-state index contributed by atoms with van der Waals surface area (Å²) in [7, 11) is 0. The van der Waals surface area contributed by atoms with Crippen molar-refractivity contribution in [3.8, 4) is 5.75 Å². The van der Waals surface area contributed by atoms with Gasteiger partial charge < -0.3 is 9.47 Å². The van der Waals surface area contributed by atoms with Gasteiger partial charge in [0.1, 0.15) is 11.9 Å². The molecule has 1 fully saturated rings. The molecule has 2 aliphatic rings. The molecule has 0 amide bonds. The van der Waals surface area contributed by atoms with Crippen LogP contribution in [-0.4, -0.2) is 25.1 Å². The van der Waals surface area contributed by atoms with Gasteiger partial charge in [0.2, 0.25) is 0 Å². The van der Waals surface area contributed by atoms with Gasteiger partial charge in [-0.3, -0.25) is 4.79 Å². The third-order valence-corrected chi connectivity index (χ3v) is 3.86. The highest BCUT2D eigenvalue weighted by Gasteiger charge is 2.33. The van der Waals surface area contributed by atoms with Crippen molar-refractivity contribution in [1.29, 1.82) is 0 Å². The molecule has 0 saturated carbocycles. The van der Waals surface area contributed by atoms with E-state index in [0.717, 1.165) is 19.4 Å². The van der Waals surface area contributed by atoms with Gasteiger partial charge in [0, 0.05) is 24.0 Å². The maximum absolute atomic E-state index is 12.1. The summed E-state index contributed by atoms with van der Waals surface area (Å²) in [6, 6.07) is 5.23. The minimum Gasteiger partial charge on any atom is -0.489 e. The lowest BCUT2D eigenvalue weighted by Gasteiger charge is -2.33. The van der Waals surface area contributed by atoms with Crippen molar-refractivity contribution in [2.24, 2.45) is 5.92 Å². The van der Waals surface area contributed by atoms with E-state index in [1.54, 1.807) is 18.2 Å². The van der Waals surface area contributed by atoms with E-state index in [0.29, 0.717) is 35.3 Å². The van der Waals surface area contributed by atoms with Gasteiger partial charge in [-0.25, -0.2) is 0 Å². The minimum absolute atomic E-state index is 0.0496. The van der Waals surface area contributed by atoms with Crippen molar-refractivity contribution >= 4 is 17.4 Å². The van der Waals surface area contributed by atoms with E-state index in [9.17, 15) is 4.79 Å². The van der Waals surface area contributed by atoms with Gasteiger partial charge in [0.15, 0.2) is 5.78 Å². The number of carbonyl (C=O) groups is 1.